The lowest BCUT2D eigenvalue weighted by molar-refractivity contribution is 0.0525. The molecule has 1 aliphatic heterocycles. The van der Waals surface area contributed by atoms with Crippen molar-refractivity contribution in [1.29, 1.82) is 0 Å². The summed E-state index contributed by atoms with van der Waals surface area (Å²) in [5, 5.41) is 10.4. The molecular formula is C24H32N2O5. The van der Waals surface area contributed by atoms with E-state index in [9.17, 15) is 9.90 Å². The Kier molecular flexibility index (Phi) is 8.55. The maximum absolute atomic E-state index is 11.7. The Bertz CT molecular complexity index is 810. The monoisotopic (exact) mass is 428 g/mol. The Labute approximate surface area is 184 Å². The van der Waals surface area contributed by atoms with Gasteiger partial charge in [-0.3, -0.25) is 4.90 Å². The highest BCUT2D eigenvalue weighted by Crippen LogP contribution is 2.21. The van der Waals surface area contributed by atoms with Crippen molar-refractivity contribution >= 4 is 11.7 Å². The van der Waals surface area contributed by atoms with Crippen molar-refractivity contribution in [3.05, 3.63) is 54.1 Å². The Hall–Kier alpha value is -2.77. The summed E-state index contributed by atoms with van der Waals surface area (Å²) in [5.74, 6) is 1.13. The van der Waals surface area contributed by atoms with Crippen molar-refractivity contribution in [2.24, 2.45) is 0 Å². The number of ether oxygens (including phenoxy) is 3. The summed E-state index contributed by atoms with van der Waals surface area (Å²) in [6.45, 7) is 6.62. The van der Waals surface area contributed by atoms with E-state index in [1.54, 1.807) is 38.3 Å². The maximum atomic E-state index is 11.7. The summed E-state index contributed by atoms with van der Waals surface area (Å²) >= 11 is 0. The summed E-state index contributed by atoms with van der Waals surface area (Å²) in [5.41, 5.74) is 1.68. The van der Waals surface area contributed by atoms with E-state index in [0.29, 0.717) is 24.5 Å². The number of aliphatic hydroxyl groups is 1. The lowest BCUT2D eigenvalue weighted by Gasteiger charge is -2.25. The minimum absolute atomic E-state index is 0.206. The predicted molar refractivity (Wildman–Crippen MR) is 120 cm³/mol. The number of anilines is 1. The van der Waals surface area contributed by atoms with Gasteiger partial charge in [-0.2, -0.15) is 0 Å². The number of hydrogen-bond acceptors (Lipinski definition) is 7. The van der Waals surface area contributed by atoms with Crippen LogP contribution in [0.5, 0.6) is 11.5 Å². The molecule has 0 amide bonds. The van der Waals surface area contributed by atoms with Gasteiger partial charge in [-0.25, -0.2) is 4.79 Å². The average molecular weight is 429 g/mol. The van der Waals surface area contributed by atoms with Gasteiger partial charge in [0.1, 0.15) is 24.2 Å². The molecule has 7 nitrogen and oxygen atoms in total. The lowest BCUT2D eigenvalue weighted by Crippen LogP contribution is -2.38. The fraction of sp³-hybridized carbons (Fsp3) is 0.458. The molecule has 1 heterocycles. The molecule has 1 atom stereocenters. The number of nitrogens with zero attached hydrogens (tertiary/aromatic N) is 2. The molecule has 2 aromatic carbocycles. The van der Waals surface area contributed by atoms with Crippen LogP contribution in [0.4, 0.5) is 5.69 Å². The van der Waals surface area contributed by atoms with E-state index in [1.807, 2.05) is 12.1 Å². The van der Waals surface area contributed by atoms with Crippen LogP contribution in [-0.2, 0) is 4.74 Å². The summed E-state index contributed by atoms with van der Waals surface area (Å²) in [7, 11) is 1.67. The fourth-order valence-corrected chi connectivity index (χ4v) is 3.65. The third-order valence-corrected chi connectivity index (χ3v) is 5.30. The highest BCUT2D eigenvalue weighted by atomic mass is 16.5. The van der Waals surface area contributed by atoms with Crippen molar-refractivity contribution in [2.75, 3.05) is 57.9 Å². The van der Waals surface area contributed by atoms with Crippen molar-refractivity contribution in [1.82, 2.24) is 4.90 Å². The van der Waals surface area contributed by atoms with Crippen LogP contribution in [-0.4, -0.2) is 75.1 Å². The Morgan fingerprint density at radius 3 is 2.39 bits per heavy atom. The third-order valence-electron chi connectivity index (χ3n) is 5.30. The molecule has 168 valence electrons. The largest absolute Gasteiger partial charge is 0.497 e. The number of carbonyl (C=O) groups is 1. The summed E-state index contributed by atoms with van der Waals surface area (Å²) in [6, 6.07) is 14.9. The van der Waals surface area contributed by atoms with Gasteiger partial charge in [0.2, 0.25) is 0 Å². The topological polar surface area (TPSA) is 71.5 Å². The standard InChI is InChI=1S/C24H32N2O5/c1-3-30-24(28)19-5-9-23(10-6-19)31-18-21(27)17-25-13-4-14-26(16-15-25)20-7-11-22(29-2)12-8-20/h5-12,21,27H,3-4,13-18H2,1-2H3. The van der Waals surface area contributed by atoms with Crippen LogP contribution in [0, 0.1) is 0 Å². The van der Waals surface area contributed by atoms with E-state index in [2.05, 4.69) is 21.9 Å². The molecule has 1 unspecified atom stereocenters. The van der Waals surface area contributed by atoms with E-state index >= 15 is 0 Å². The van der Waals surface area contributed by atoms with Gasteiger partial charge >= 0.3 is 5.97 Å². The maximum Gasteiger partial charge on any atom is 0.338 e. The number of aliphatic hydroxyl groups excluding tert-OH is 1. The molecule has 0 saturated carbocycles. The van der Waals surface area contributed by atoms with Crippen LogP contribution in [0.1, 0.15) is 23.7 Å². The first-order valence-corrected chi connectivity index (χ1v) is 10.8. The second-order valence-corrected chi connectivity index (χ2v) is 7.55. The molecule has 0 aliphatic carbocycles. The summed E-state index contributed by atoms with van der Waals surface area (Å²) < 4.78 is 15.9. The van der Waals surface area contributed by atoms with Crippen molar-refractivity contribution in [3.63, 3.8) is 0 Å². The van der Waals surface area contributed by atoms with Gasteiger partial charge in [-0.15, -0.1) is 0 Å². The predicted octanol–water partition coefficient (Wildman–Crippen LogP) is 2.82. The van der Waals surface area contributed by atoms with Crippen molar-refractivity contribution in [2.45, 2.75) is 19.4 Å². The molecular weight excluding hydrogens is 396 g/mol. The van der Waals surface area contributed by atoms with Crippen LogP contribution >= 0.6 is 0 Å². The van der Waals surface area contributed by atoms with Gasteiger partial charge < -0.3 is 24.2 Å². The molecule has 0 radical (unpaired) electrons. The molecule has 2 aromatic rings. The van der Waals surface area contributed by atoms with E-state index in [4.69, 9.17) is 14.2 Å². The SMILES string of the molecule is CCOC(=O)c1ccc(OCC(O)CN2CCCN(c3ccc(OC)cc3)CC2)cc1. The van der Waals surface area contributed by atoms with E-state index in [-0.39, 0.29) is 12.6 Å². The highest BCUT2D eigenvalue weighted by Gasteiger charge is 2.18. The van der Waals surface area contributed by atoms with Crippen molar-refractivity contribution in [3.8, 4) is 11.5 Å². The molecule has 1 saturated heterocycles. The normalized spacial score (nSPS) is 15.8. The molecule has 3 rings (SSSR count). The molecule has 0 aromatic heterocycles. The molecule has 0 spiro atoms. The average Bonchev–Trinajstić information content (AvgIpc) is 3.04. The molecule has 1 fully saturated rings. The summed E-state index contributed by atoms with van der Waals surface area (Å²) in [4.78, 5) is 16.3. The zero-order valence-corrected chi connectivity index (χ0v) is 18.3. The number of hydrogen-bond donors (Lipinski definition) is 1. The first kappa shape index (κ1) is 22.9. The lowest BCUT2D eigenvalue weighted by atomic mass is 10.2. The van der Waals surface area contributed by atoms with Gasteiger partial charge in [-0.05, 0) is 68.4 Å². The first-order chi connectivity index (χ1) is 15.1. The van der Waals surface area contributed by atoms with Crippen molar-refractivity contribution < 1.29 is 24.1 Å². The van der Waals surface area contributed by atoms with Crippen LogP contribution in [0.25, 0.3) is 0 Å². The summed E-state index contributed by atoms with van der Waals surface area (Å²) in [6.07, 6.45) is 0.451. The van der Waals surface area contributed by atoms with Gasteiger partial charge in [0.15, 0.2) is 0 Å². The smallest absolute Gasteiger partial charge is 0.338 e. The number of esters is 1. The van der Waals surface area contributed by atoms with E-state index in [1.165, 1.54) is 5.69 Å². The zero-order valence-electron chi connectivity index (χ0n) is 18.3. The third kappa shape index (κ3) is 6.87. The number of benzene rings is 2. The van der Waals surface area contributed by atoms with Crippen LogP contribution in [0.3, 0.4) is 0 Å². The Morgan fingerprint density at radius 1 is 1.00 bits per heavy atom. The number of carbonyl (C=O) groups excluding carboxylic acids is 1. The Morgan fingerprint density at radius 2 is 1.71 bits per heavy atom. The van der Waals surface area contributed by atoms with Gasteiger partial charge in [0, 0.05) is 31.9 Å². The molecule has 1 N–H and O–H groups in total. The highest BCUT2D eigenvalue weighted by molar-refractivity contribution is 5.89. The quantitative estimate of drug-likeness (QED) is 0.616. The number of methoxy groups -OCH3 is 1. The van der Waals surface area contributed by atoms with Gasteiger partial charge in [-0.1, -0.05) is 0 Å². The minimum Gasteiger partial charge on any atom is -0.497 e. The Balaban J connectivity index is 1.43. The zero-order chi connectivity index (χ0) is 22.1. The molecule has 1 aliphatic rings. The number of β-amino-alcohol motifs (C(OH)–C–C–N with tert-alkyl or cyclic N) is 1. The molecule has 31 heavy (non-hydrogen) atoms. The molecule has 7 heteroatoms. The first-order valence-electron chi connectivity index (χ1n) is 10.8. The minimum atomic E-state index is -0.586. The second-order valence-electron chi connectivity index (χ2n) is 7.55. The van der Waals surface area contributed by atoms with Crippen LogP contribution < -0.4 is 14.4 Å². The van der Waals surface area contributed by atoms with E-state index in [0.717, 1.165) is 38.3 Å². The van der Waals surface area contributed by atoms with Crippen LogP contribution in [0.2, 0.25) is 0 Å². The van der Waals surface area contributed by atoms with Gasteiger partial charge in [0.25, 0.3) is 0 Å². The van der Waals surface area contributed by atoms with Crippen LogP contribution in [0.15, 0.2) is 48.5 Å². The fourth-order valence-electron chi connectivity index (χ4n) is 3.65. The number of rotatable bonds is 9. The van der Waals surface area contributed by atoms with E-state index < -0.39 is 6.10 Å². The second kappa shape index (κ2) is 11.6. The van der Waals surface area contributed by atoms with Gasteiger partial charge in [0.05, 0.1) is 19.3 Å². The molecule has 0 bridgehead atoms.